The molecule has 4 nitrogen and oxygen atoms in total. The van der Waals surface area contributed by atoms with E-state index in [-0.39, 0.29) is 15.7 Å². The molecule has 88 valence electrons. The molecule has 1 aromatic heterocycles. The van der Waals surface area contributed by atoms with Crippen LogP contribution in [-0.4, -0.2) is 16.2 Å². The molecule has 0 saturated heterocycles. The molecule has 0 radical (unpaired) electrons. The second-order valence-corrected chi connectivity index (χ2v) is 3.90. The summed E-state index contributed by atoms with van der Waals surface area (Å²) in [5.41, 5.74) is -0.0601. The fourth-order valence-electron chi connectivity index (χ4n) is 1.23. The van der Waals surface area contributed by atoms with E-state index in [1.807, 2.05) is 0 Å². The lowest BCUT2D eigenvalue weighted by molar-refractivity contribution is 0.0652. The summed E-state index contributed by atoms with van der Waals surface area (Å²) >= 11 is 2.74. The molecule has 0 bridgehead atoms. The summed E-state index contributed by atoms with van der Waals surface area (Å²) in [7, 11) is 0. The van der Waals surface area contributed by atoms with Crippen molar-refractivity contribution < 1.29 is 23.2 Å². The van der Waals surface area contributed by atoms with E-state index in [0.29, 0.717) is 0 Å². The Morgan fingerprint density at radius 2 is 2.12 bits per heavy atom. The average Bonchev–Trinajstić information content (AvgIpc) is 2.75. The van der Waals surface area contributed by atoms with E-state index in [1.165, 1.54) is 0 Å². The second-order valence-electron chi connectivity index (χ2n) is 3.10. The van der Waals surface area contributed by atoms with E-state index in [1.54, 1.807) is 0 Å². The Morgan fingerprint density at radius 1 is 1.41 bits per heavy atom. The van der Waals surface area contributed by atoms with Gasteiger partial charge in [0, 0.05) is 11.6 Å². The Morgan fingerprint density at radius 3 is 2.71 bits per heavy atom. The normalized spacial score (nSPS) is 10.5. The van der Waals surface area contributed by atoms with Crippen LogP contribution in [0.2, 0.25) is 0 Å². The molecule has 2 aromatic rings. The summed E-state index contributed by atoms with van der Waals surface area (Å²) in [6.07, 6.45) is 0. The molecule has 0 atom stereocenters. The molecule has 0 amide bonds. The quantitative estimate of drug-likeness (QED) is 0.866. The first kappa shape index (κ1) is 11.7. The van der Waals surface area contributed by atoms with Crippen LogP contribution in [0.25, 0.3) is 11.3 Å². The van der Waals surface area contributed by atoms with Crippen LogP contribution < -0.4 is 0 Å². The van der Waals surface area contributed by atoms with Crippen LogP contribution in [0.5, 0.6) is 0 Å². The van der Waals surface area contributed by atoms with Crippen molar-refractivity contribution in [3.63, 3.8) is 0 Å². The molecule has 1 N–H and O–H groups in total. The minimum absolute atomic E-state index is 0.0133. The van der Waals surface area contributed by atoms with Crippen LogP contribution in [0.3, 0.4) is 0 Å². The third-order valence-corrected chi connectivity index (χ3v) is 2.76. The monoisotopic (exact) mass is 303 g/mol. The van der Waals surface area contributed by atoms with Crippen molar-refractivity contribution in [2.24, 2.45) is 0 Å². The molecule has 0 fully saturated rings. The lowest BCUT2D eigenvalue weighted by Crippen LogP contribution is -1.92. The van der Waals surface area contributed by atoms with Gasteiger partial charge in [0.1, 0.15) is 17.3 Å². The number of hydrogen-bond acceptors (Lipinski definition) is 3. The first-order chi connectivity index (χ1) is 8.00. The van der Waals surface area contributed by atoms with Gasteiger partial charge >= 0.3 is 5.97 Å². The fourth-order valence-corrected chi connectivity index (χ4v) is 1.57. The number of carboxylic acids is 1. The molecule has 0 aliphatic carbocycles. The number of hydrogen-bond donors (Lipinski definition) is 1. The largest absolute Gasteiger partial charge is 0.475 e. The van der Waals surface area contributed by atoms with Gasteiger partial charge in [-0.1, -0.05) is 5.16 Å². The second kappa shape index (κ2) is 4.25. The molecular weight excluding hydrogens is 300 g/mol. The predicted molar refractivity (Wildman–Crippen MR) is 56.5 cm³/mol. The highest BCUT2D eigenvalue weighted by atomic mass is 79.9. The maximum atomic E-state index is 13.6. The van der Waals surface area contributed by atoms with Crippen molar-refractivity contribution in [2.45, 2.75) is 0 Å². The number of nitrogens with zero attached hydrogens (tertiary/aromatic N) is 1. The molecule has 0 unspecified atom stereocenters. The smallest absolute Gasteiger partial charge is 0.374 e. The molecule has 0 aliphatic rings. The van der Waals surface area contributed by atoms with Gasteiger partial charge in [0.25, 0.3) is 0 Å². The summed E-state index contributed by atoms with van der Waals surface area (Å²) in [4.78, 5) is 10.6. The van der Waals surface area contributed by atoms with Gasteiger partial charge in [-0.05, 0) is 28.1 Å². The van der Waals surface area contributed by atoms with Crippen molar-refractivity contribution in [1.29, 1.82) is 0 Å². The Balaban J connectivity index is 2.53. The van der Waals surface area contributed by atoms with Crippen molar-refractivity contribution in [2.75, 3.05) is 0 Å². The van der Waals surface area contributed by atoms with Crippen LogP contribution in [0, 0.1) is 11.6 Å². The molecule has 2 rings (SSSR count). The highest BCUT2D eigenvalue weighted by molar-refractivity contribution is 9.10. The standard InChI is InChI=1S/C10H4BrF2NO3/c11-8-5(12)2-1-4(9(8)13)6-3-7(10(15)16)17-14-6/h1-3H,(H,15,16). The topological polar surface area (TPSA) is 63.3 Å². The zero-order chi connectivity index (χ0) is 12.6. The lowest BCUT2D eigenvalue weighted by atomic mass is 10.1. The summed E-state index contributed by atoms with van der Waals surface area (Å²) in [5, 5.41) is 12.0. The number of halogens is 3. The van der Waals surface area contributed by atoms with Gasteiger partial charge in [-0.2, -0.15) is 0 Å². The van der Waals surface area contributed by atoms with Gasteiger partial charge in [-0.15, -0.1) is 0 Å². The van der Waals surface area contributed by atoms with Crippen LogP contribution in [0.1, 0.15) is 10.6 Å². The molecule has 17 heavy (non-hydrogen) atoms. The van der Waals surface area contributed by atoms with Crippen molar-refractivity contribution in [3.05, 3.63) is 40.1 Å². The van der Waals surface area contributed by atoms with Crippen molar-refractivity contribution in [3.8, 4) is 11.3 Å². The van der Waals surface area contributed by atoms with Crippen molar-refractivity contribution >= 4 is 21.9 Å². The van der Waals surface area contributed by atoms with Crippen LogP contribution in [0.4, 0.5) is 8.78 Å². The molecular formula is C10H4BrF2NO3. The van der Waals surface area contributed by atoms with Crippen LogP contribution in [0.15, 0.2) is 27.2 Å². The Kier molecular flexibility index (Phi) is 2.93. The van der Waals surface area contributed by atoms with Gasteiger partial charge in [0.2, 0.25) is 5.76 Å². The lowest BCUT2D eigenvalue weighted by Gasteiger charge is -2.01. The third kappa shape index (κ3) is 2.05. The molecule has 1 heterocycles. The summed E-state index contributed by atoms with van der Waals surface area (Å²) < 4.78 is 30.8. The van der Waals surface area contributed by atoms with Gasteiger partial charge in [0.15, 0.2) is 0 Å². The number of rotatable bonds is 2. The molecule has 1 aromatic carbocycles. The zero-order valence-electron chi connectivity index (χ0n) is 8.08. The Bertz CT molecular complexity index is 597. The number of carboxylic acid groups (broad SMARTS) is 1. The predicted octanol–water partition coefficient (Wildman–Crippen LogP) is 3.08. The number of benzene rings is 1. The minimum atomic E-state index is -1.31. The van der Waals surface area contributed by atoms with E-state index in [0.717, 1.165) is 18.2 Å². The van der Waals surface area contributed by atoms with Crippen molar-refractivity contribution in [1.82, 2.24) is 5.16 Å². The SMILES string of the molecule is O=C(O)c1cc(-c2ccc(F)c(Br)c2F)no1. The summed E-state index contributed by atoms with van der Waals surface area (Å²) in [6.45, 7) is 0. The minimum Gasteiger partial charge on any atom is -0.475 e. The Labute approximate surface area is 102 Å². The number of carbonyl (C=O) groups is 1. The highest BCUT2D eigenvalue weighted by Crippen LogP contribution is 2.29. The van der Waals surface area contributed by atoms with E-state index in [9.17, 15) is 13.6 Å². The van der Waals surface area contributed by atoms with E-state index < -0.39 is 23.4 Å². The molecule has 7 heteroatoms. The maximum Gasteiger partial charge on any atom is 0.374 e. The van der Waals surface area contributed by atoms with Crippen LogP contribution in [-0.2, 0) is 0 Å². The number of aromatic nitrogens is 1. The van der Waals surface area contributed by atoms with E-state index in [4.69, 9.17) is 5.11 Å². The fraction of sp³-hybridized carbons (Fsp3) is 0. The third-order valence-electron chi connectivity index (χ3n) is 2.03. The van der Waals surface area contributed by atoms with Crippen LogP contribution >= 0.6 is 15.9 Å². The Hall–Kier alpha value is -1.76. The van der Waals surface area contributed by atoms with E-state index >= 15 is 0 Å². The number of aromatic carboxylic acids is 1. The van der Waals surface area contributed by atoms with Gasteiger partial charge < -0.3 is 9.63 Å². The highest BCUT2D eigenvalue weighted by Gasteiger charge is 2.18. The molecule has 0 aliphatic heterocycles. The molecule has 0 saturated carbocycles. The first-order valence-electron chi connectivity index (χ1n) is 4.34. The average molecular weight is 304 g/mol. The summed E-state index contributed by atoms with van der Waals surface area (Å²) in [6, 6.07) is 3.25. The van der Waals surface area contributed by atoms with Gasteiger partial charge in [-0.3, -0.25) is 0 Å². The zero-order valence-corrected chi connectivity index (χ0v) is 9.66. The summed E-state index contributed by atoms with van der Waals surface area (Å²) in [5.74, 6) is -3.35. The van der Waals surface area contributed by atoms with Gasteiger partial charge in [-0.25, -0.2) is 13.6 Å². The molecule has 0 spiro atoms. The maximum absolute atomic E-state index is 13.6. The van der Waals surface area contributed by atoms with Gasteiger partial charge in [0.05, 0.1) is 4.47 Å². The van der Waals surface area contributed by atoms with E-state index in [2.05, 4.69) is 25.6 Å². The first-order valence-corrected chi connectivity index (χ1v) is 5.14.